The molecule has 1 amide bonds. The van der Waals surface area contributed by atoms with Crippen molar-refractivity contribution in [1.29, 1.82) is 0 Å². The van der Waals surface area contributed by atoms with Crippen molar-refractivity contribution in [2.24, 2.45) is 5.92 Å². The van der Waals surface area contributed by atoms with Crippen LogP contribution in [0.5, 0.6) is 0 Å². The van der Waals surface area contributed by atoms with E-state index < -0.39 is 46.8 Å². The number of hydrogen-bond acceptors (Lipinski definition) is 4. The molecular formula is C17H19ClF4N4O3S. The van der Waals surface area contributed by atoms with Gasteiger partial charge >= 0.3 is 6.18 Å². The summed E-state index contributed by atoms with van der Waals surface area (Å²) < 4.78 is 63.6. The summed E-state index contributed by atoms with van der Waals surface area (Å²) in [5, 5.41) is 15.3. The van der Waals surface area contributed by atoms with E-state index in [1.165, 1.54) is 18.0 Å². The Morgan fingerprint density at radius 3 is 2.67 bits per heavy atom. The molecule has 0 saturated heterocycles. The molecule has 0 N–H and O–H groups in total. The number of alkyl halides is 3. The van der Waals surface area contributed by atoms with Crippen molar-refractivity contribution in [2.45, 2.75) is 26.4 Å². The number of anilines is 1. The zero-order chi connectivity index (χ0) is 22.6. The first-order valence-electron chi connectivity index (χ1n) is 8.79. The molecule has 13 heteroatoms. The number of aromatic nitrogens is 3. The summed E-state index contributed by atoms with van der Waals surface area (Å²) in [6, 6.07) is 1.05. The van der Waals surface area contributed by atoms with Crippen LogP contribution in [0.15, 0.2) is 24.7 Å². The van der Waals surface area contributed by atoms with Crippen LogP contribution in [-0.4, -0.2) is 44.1 Å². The van der Waals surface area contributed by atoms with Crippen molar-refractivity contribution < 1.29 is 31.3 Å². The van der Waals surface area contributed by atoms with E-state index in [2.05, 4.69) is 5.10 Å². The molecule has 2 rings (SSSR count). The second kappa shape index (κ2) is 9.73. The van der Waals surface area contributed by atoms with Crippen LogP contribution in [-0.2, 0) is 15.6 Å². The van der Waals surface area contributed by atoms with E-state index in [0.29, 0.717) is 0 Å². The van der Waals surface area contributed by atoms with Crippen LogP contribution in [0.4, 0.5) is 23.2 Å². The van der Waals surface area contributed by atoms with E-state index in [0.717, 1.165) is 23.1 Å². The zero-order valence-corrected chi connectivity index (χ0v) is 17.6. The maximum atomic E-state index is 13.5. The van der Waals surface area contributed by atoms with Gasteiger partial charge < -0.3 is 10.1 Å². The third-order valence-electron chi connectivity index (χ3n) is 4.06. The van der Waals surface area contributed by atoms with Gasteiger partial charge in [0.25, 0.3) is 0 Å². The third-order valence-corrected chi connectivity index (χ3v) is 5.86. The van der Waals surface area contributed by atoms with Gasteiger partial charge in [-0.15, -0.1) is 0 Å². The Morgan fingerprint density at radius 2 is 2.10 bits per heavy atom. The lowest BCUT2D eigenvalue weighted by Gasteiger charge is -2.23. The van der Waals surface area contributed by atoms with E-state index in [-0.39, 0.29) is 33.6 Å². The van der Waals surface area contributed by atoms with Crippen LogP contribution in [0.25, 0.3) is 5.69 Å². The molecule has 0 radical (unpaired) electrons. The molecule has 0 aliphatic rings. The maximum absolute atomic E-state index is 13.5. The molecule has 0 spiro atoms. The lowest BCUT2D eigenvalue weighted by atomic mass is 10.2. The minimum Gasteiger partial charge on any atom is -0.619 e. The van der Waals surface area contributed by atoms with Gasteiger partial charge in [-0.05, 0) is 6.92 Å². The second-order valence-corrected chi connectivity index (χ2v) is 8.46. The molecule has 0 aromatic carbocycles. The van der Waals surface area contributed by atoms with Gasteiger partial charge in [-0.1, -0.05) is 18.5 Å². The lowest BCUT2D eigenvalue weighted by Crippen LogP contribution is -2.37. The average molecular weight is 471 g/mol. The molecule has 2 heterocycles. The fourth-order valence-corrected chi connectivity index (χ4v) is 4.22. The summed E-state index contributed by atoms with van der Waals surface area (Å²) >= 11 is 6.11. The highest BCUT2D eigenvalue weighted by Crippen LogP contribution is 2.27. The standard InChI is InChI=1S/C17H19ClF4N4O3S/c1-3-25(16(27)11(2)10-30(29)5-4-17(20,21)22)14-9-26(23-15(14)18)13-6-12(19)7-24(28)8-13/h6-9,11H,3-5,10H2,1-2H3. The van der Waals surface area contributed by atoms with Crippen LogP contribution in [0.3, 0.4) is 0 Å². The number of amides is 1. The largest absolute Gasteiger partial charge is 0.619 e. The van der Waals surface area contributed by atoms with Gasteiger partial charge in [0.2, 0.25) is 18.3 Å². The van der Waals surface area contributed by atoms with Crippen LogP contribution >= 0.6 is 11.6 Å². The Morgan fingerprint density at radius 1 is 1.43 bits per heavy atom. The molecule has 30 heavy (non-hydrogen) atoms. The molecule has 2 unspecified atom stereocenters. The first kappa shape index (κ1) is 24.1. The number of carbonyl (C=O) groups excluding carboxylic acids is 1. The van der Waals surface area contributed by atoms with Crippen molar-refractivity contribution in [2.75, 3.05) is 23.0 Å². The fourth-order valence-electron chi connectivity index (χ4n) is 2.66. The first-order chi connectivity index (χ1) is 13.9. The highest BCUT2D eigenvalue weighted by Gasteiger charge is 2.30. The number of rotatable bonds is 8. The van der Waals surface area contributed by atoms with E-state index in [4.69, 9.17) is 11.6 Å². The molecule has 2 atom stereocenters. The Bertz CT molecular complexity index is 918. The van der Waals surface area contributed by atoms with Crippen LogP contribution in [0.1, 0.15) is 20.3 Å². The molecule has 166 valence electrons. The molecule has 7 nitrogen and oxygen atoms in total. The summed E-state index contributed by atoms with van der Waals surface area (Å²) in [6.45, 7) is 3.25. The van der Waals surface area contributed by atoms with E-state index in [1.807, 2.05) is 0 Å². The van der Waals surface area contributed by atoms with Gasteiger partial charge in [-0.2, -0.15) is 23.0 Å². The van der Waals surface area contributed by atoms with Gasteiger partial charge in [0.1, 0.15) is 11.4 Å². The van der Waals surface area contributed by atoms with Crippen LogP contribution in [0.2, 0.25) is 5.15 Å². The molecule has 0 aliphatic carbocycles. The van der Waals surface area contributed by atoms with E-state index in [9.17, 15) is 31.8 Å². The van der Waals surface area contributed by atoms with Gasteiger partial charge in [-0.3, -0.25) is 9.00 Å². The van der Waals surface area contributed by atoms with Gasteiger partial charge in [0.05, 0.1) is 12.6 Å². The lowest BCUT2D eigenvalue weighted by molar-refractivity contribution is -0.606. The maximum Gasteiger partial charge on any atom is 0.390 e. The normalized spacial score (nSPS) is 13.8. The monoisotopic (exact) mass is 470 g/mol. The number of carbonyl (C=O) groups is 1. The topological polar surface area (TPSA) is 82.1 Å². The molecular weight excluding hydrogens is 452 g/mol. The highest BCUT2D eigenvalue weighted by molar-refractivity contribution is 7.85. The predicted octanol–water partition coefficient (Wildman–Crippen LogP) is 2.99. The molecule has 0 bridgehead atoms. The highest BCUT2D eigenvalue weighted by atomic mass is 35.5. The Kier molecular flexibility index (Phi) is 7.81. The number of hydrogen-bond donors (Lipinski definition) is 0. The number of nitrogens with zero attached hydrogens (tertiary/aromatic N) is 4. The quantitative estimate of drug-likeness (QED) is 0.337. The zero-order valence-electron chi connectivity index (χ0n) is 16.0. The fraction of sp³-hybridized carbons (Fsp3) is 0.471. The summed E-state index contributed by atoms with van der Waals surface area (Å²) in [4.78, 5) is 14.0. The van der Waals surface area contributed by atoms with Crippen molar-refractivity contribution in [3.05, 3.63) is 40.8 Å². The average Bonchev–Trinajstić information content (AvgIpc) is 3.01. The Balaban J connectivity index is 2.17. The molecule has 2 aromatic heterocycles. The summed E-state index contributed by atoms with van der Waals surface area (Å²) in [6.07, 6.45) is -2.51. The van der Waals surface area contributed by atoms with Crippen molar-refractivity contribution in [1.82, 2.24) is 9.78 Å². The summed E-state index contributed by atoms with van der Waals surface area (Å²) in [7, 11) is -1.83. The summed E-state index contributed by atoms with van der Waals surface area (Å²) in [5.74, 6) is -2.96. The second-order valence-electron chi connectivity index (χ2n) is 6.48. The molecule has 0 fully saturated rings. The van der Waals surface area contributed by atoms with Crippen molar-refractivity contribution >= 4 is 34.0 Å². The van der Waals surface area contributed by atoms with Crippen molar-refractivity contribution in [3.63, 3.8) is 0 Å². The SMILES string of the molecule is CCN(C(=O)C(C)CS(=O)CCC(F)(F)F)c1cn(-c2cc(F)c[n+]([O-])c2)nc1Cl. The number of pyridine rings is 1. The molecule has 0 saturated carbocycles. The third kappa shape index (κ3) is 6.39. The smallest absolute Gasteiger partial charge is 0.390 e. The number of halogens is 5. The van der Waals surface area contributed by atoms with Crippen molar-refractivity contribution in [3.8, 4) is 5.69 Å². The van der Waals surface area contributed by atoms with E-state index >= 15 is 0 Å². The molecule has 0 aliphatic heterocycles. The van der Waals surface area contributed by atoms with Gasteiger partial charge in [0.15, 0.2) is 11.0 Å². The minimum atomic E-state index is -4.42. The predicted molar refractivity (Wildman–Crippen MR) is 103 cm³/mol. The first-order valence-corrected chi connectivity index (χ1v) is 10.7. The van der Waals surface area contributed by atoms with E-state index in [1.54, 1.807) is 6.92 Å². The van der Waals surface area contributed by atoms with Gasteiger partial charge in [0, 0.05) is 40.8 Å². The van der Waals surface area contributed by atoms with Crippen LogP contribution in [0, 0.1) is 16.9 Å². The van der Waals surface area contributed by atoms with Gasteiger partial charge in [-0.25, -0.2) is 9.07 Å². The minimum absolute atomic E-state index is 0.0722. The molecule has 2 aromatic rings. The van der Waals surface area contributed by atoms with Crippen LogP contribution < -0.4 is 9.63 Å². The Hall–Kier alpha value is -2.21. The Labute approximate surface area is 177 Å². The summed E-state index contributed by atoms with van der Waals surface area (Å²) in [5.41, 5.74) is 0.238.